The van der Waals surface area contributed by atoms with Gasteiger partial charge in [-0.25, -0.2) is 0 Å². The number of quaternary nitrogens is 1. The fraction of sp³-hybridized carbons (Fsp3) is 0.240. The van der Waals surface area contributed by atoms with Gasteiger partial charge in [-0.1, -0.05) is 91.0 Å². The van der Waals surface area contributed by atoms with Gasteiger partial charge in [0.15, 0.2) is 6.04 Å². The maximum atomic E-state index is 13.6. The number of carbonyl (C=O) groups excluding carboxylic acids is 1. The Bertz CT molecular complexity index is 835. The van der Waals surface area contributed by atoms with Crippen molar-refractivity contribution in [2.45, 2.75) is 24.9 Å². The molecular formula is C25H27N2O+. The van der Waals surface area contributed by atoms with Crippen molar-refractivity contribution in [3.05, 3.63) is 108 Å². The van der Waals surface area contributed by atoms with Crippen molar-refractivity contribution in [3.8, 4) is 0 Å². The molecule has 0 aliphatic carbocycles. The van der Waals surface area contributed by atoms with Crippen molar-refractivity contribution >= 4 is 5.91 Å². The lowest BCUT2D eigenvalue weighted by Gasteiger charge is -2.27. The second-order valence-electron chi connectivity index (χ2n) is 7.47. The van der Waals surface area contributed by atoms with E-state index in [2.05, 4.69) is 41.7 Å². The summed E-state index contributed by atoms with van der Waals surface area (Å²) in [4.78, 5) is 14.9. The summed E-state index contributed by atoms with van der Waals surface area (Å²) < 4.78 is 0. The van der Waals surface area contributed by atoms with Crippen molar-refractivity contribution < 1.29 is 9.69 Å². The predicted molar refractivity (Wildman–Crippen MR) is 112 cm³/mol. The van der Waals surface area contributed by atoms with Crippen LogP contribution in [0.25, 0.3) is 0 Å². The molecule has 1 saturated heterocycles. The van der Waals surface area contributed by atoms with E-state index < -0.39 is 0 Å². The number of rotatable bonds is 6. The van der Waals surface area contributed by atoms with Gasteiger partial charge in [0.25, 0.3) is 5.91 Å². The number of nitrogens with one attached hydrogen (secondary N) is 2. The Labute approximate surface area is 167 Å². The Morgan fingerprint density at radius 3 is 1.57 bits per heavy atom. The van der Waals surface area contributed by atoms with Gasteiger partial charge in [0.05, 0.1) is 19.1 Å². The summed E-state index contributed by atoms with van der Waals surface area (Å²) >= 11 is 0. The van der Waals surface area contributed by atoms with E-state index in [1.54, 1.807) is 0 Å². The molecule has 0 unspecified atom stereocenters. The molecule has 4 rings (SSSR count). The lowest BCUT2D eigenvalue weighted by molar-refractivity contribution is -0.909. The van der Waals surface area contributed by atoms with E-state index in [0.29, 0.717) is 0 Å². The molecule has 0 saturated carbocycles. The van der Waals surface area contributed by atoms with Crippen LogP contribution in [0.15, 0.2) is 91.0 Å². The second kappa shape index (κ2) is 8.85. The Balaban J connectivity index is 1.65. The molecule has 1 amide bonds. The minimum Gasteiger partial charge on any atom is -0.340 e. The average molecular weight is 372 g/mol. The quantitative estimate of drug-likeness (QED) is 0.685. The van der Waals surface area contributed by atoms with E-state index in [-0.39, 0.29) is 18.0 Å². The predicted octanol–water partition coefficient (Wildman–Crippen LogP) is 3.31. The summed E-state index contributed by atoms with van der Waals surface area (Å²) in [6.07, 6.45) is 2.37. The number of likely N-dealkylation sites (tertiary alicyclic amines) is 1. The monoisotopic (exact) mass is 371 g/mol. The zero-order valence-corrected chi connectivity index (χ0v) is 16.1. The third-order valence-electron chi connectivity index (χ3n) is 5.60. The Hall–Kier alpha value is -2.91. The van der Waals surface area contributed by atoms with Crippen molar-refractivity contribution in [3.63, 3.8) is 0 Å². The van der Waals surface area contributed by atoms with E-state index in [0.717, 1.165) is 29.8 Å². The smallest absolute Gasteiger partial charge is 0.283 e. The third kappa shape index (κ3) is 4.15. The number of benzene rings is 3. The highest BCUT2D eigenvalue weighted by Crippen LogP contribution is 2.23. The molecule has 0 aromatic heterocycles. The summed E-state index contributed by atoms with van der Waals surface area (Å²) in [7, 11) is 0. The van der Waals surface area contributed by atoms with Crippen LogP contribution in [0.1, 0.15) is 41.6 Å². The molecule has 0 bridgehead atoms. The SMILES string of the molecule is O=C(NC(c1ccccc1)c1ccccc1)[C@@H](c1ccccc1)[NH+]1CCCC1. The topological polar surface area (TPSA) is 33.5 Å². The molecule has 1 fully saturated rings. The largest absolute Gasteiger partial charge is 0.340 e. The average Bonchev–Trinajstić information content (AvgIpc) is 3.28. The number of amides is 1. The third-order valence-corrected chi connectivity index (χ3v) is 5.60. The van der Waals surface area contributed by atoms with E-state index in [4.69, 9.17) is 0 Å². The molecule has 28 heavy (non-hydrogen) atoms. The Kier molecular flexibility index (Phi) is 5.83. The summed E-state index contributed by atoms with van der Waals surface area (Å²) in [6.45, 7) is 2.10. The second-order valence-corrected chi connectivity index (χ2v) is 7.47. The minimum atomic E-state index is -0.168. The fourth-order valence-corrected chi connectivity index (χ4v) is 4.21. The minimum absolute atomic E-state index is 0.0980. The van der Waals surface area contributed by atoms with Gasteiger partial charge in [-0.3, -0.25) is 4.79 Å². The van der Waals surface area contributed by atoms with Gasteiger partial charge in [0.1, 0.15) is 0 Å². The number of carbonyl (C=O) groups is 1. The molecule has 3 aromatic rings. The maximum absolute atomic E-state index is 13.6. The molecule has 0 radical (unpaired) electrons. The molecule has 0 spiro atoms. The molecular weight excluding hydrogens is 344 g/mol. The van der Waals surface area contributed by atoms with Crippen LogP contribution >= 0.6 is 0 Å². The summed E-state index contributed by atoms with van der Waals surface area (Å²) in [5, 5.41) is 3.37. The summed E-state index contributed by atoms with van der Waals surface area (Å²) in [5.74, 6) is 0.0980. The number of hydrogen-bond acceptors (Lipinski definition) is 1. The van der Waals surface area contributed by atoms with Gasteiger partial charge in [0, 0.05) is 18.4 Å². The van der Waals surface area contributed by atoms with E-state index in [1.165, 1.54) is 17.7 Å². The molecule has 1 atom stereocenters. The van der Waals surface area contributed by atoms with Gasteiger partial charge in [-0.05, 0) is 11.1 Å². The standard InChI is InChI=1S/C25H26N2O/c28-25(24(27-18-10-11-19-27)22-16-8-3-9-17-22)26-23(20-12-4-1-5-13-20)21-14-6-2-7-15-21/h1-9,12-17,23-24H,10-11,18-19H2,(H,26,28)/p+1/t24-/m1/s1. The molecule has 1 aliphatic rings. The first-order valence-electron chi connectivity index (χ1n) is 10.1. The van der Waals surface area contributed by atoms with Crippen LogP contribution < -0.4 is 10.2 Å². The fourth-order valence-electron chi connectivity index (χ4n) is 4.21. The number of hydrogen-bond donors (Lipinski definition) is 2. The van der Waals surface area contributed by atoms with Crippen LogP contribution in [0, 0.1) is 0 Å². The van der Waals surface area contributed by atoms with Gasteiger partial charge < -0.3 is 10.2 Å². The van der Waals surface area contributed by atoms with E-state index >= 15 is 0 Å². The van der Waals surface area contributed by atoms with Crippen LogP contribution in [-0.4, -0.2) is 19.0 Å². The zero-order chi connectivity index (χ0) is 19.2. The lowest BCUT2D eigenvalue weighted by atomic mass is 9.97. The molecule has 1 heterocycles. The van der Waals surface area contributed by atoms with Crippen LogP contribution in [0.3, 0.4) is 0 Å². The van der Waals surface area contributed by atoms with Crippen molar-refractivity contribution in [2.75, 3.05) is 13.1 Å². The maximum Gasteiger partial charge on any atom is 0.283 e. The lowest BCUT2D eigenvalue weighted by Crippen LogP contribution is -3.11. The van der Waals surface area contributed by atoms with Gasteiger partial charge in [-0.2, -0.15) is 0 Å². The van der Waals surface area contributed by atoms with Crippen molar-refractivity contribution in [1.29, 1.82) is 0 Å². The van der Waals surface area contributed by atoms with Gasteiger partial charge in [0.2, 0.25) is 0 Å². The van der Waals surface area contributed by atoms with E-state index in [9.17, 15) is 4.79 Å². The normalized spacial score (nSPS) is 15.5. The Morgan fingerprint density at radius 2 is 1.11 bits per heavy atom. The van der Waals surface area contributed by atoms with Gasteiger partial charge in [-0.15, -0.1) is 0 Å². The first-order chi connectivity index (χ1) is 13.8. The van der Waals surface area contributed by atoms with Crippen LogP contribution in [0.4, 0.5) is 0 Å². The Morgan fingerprint density at radius 1 is 0.679 bits per heavy atom. The molecule has 142 valence electrons. The first-order valence-corrected chi connectivity index (χ1v) is 10.1. The molecule has 3 nitrogen and oxygen atoms in total. The molecule has 1 aliphatic heterocycles. The molecule has 2 N–H and O–H groups in total. The summed E-state index contributed by atoms with van der Waals surface area (Å²) in [5.41, 5.74) is 3.30. The van der Waals surface area contributed by atoms with Crippen molar-refractivity contribution in [1.82, 2.24) is 5.32 Å². The van der Waals surface area contributed by atoms with Crippen molar-refractivity contribution in [2.24, 2.45) is 0 Å². The van der Waals surface area contributed by atoms with Crippen LogP contribution in [-0.2, 0) is 4.79 Å². The first kappa shape index (κ1) is 18.5. The van der Waals surface area contributed by atoms with E-state index in [1.807, 2.05) is 54.6 Å². The molecule has 3 heteroatoms. The van der Waals surface area contributed by atoms with Crippen LogP contribution in [0.5, 0.6) is 0 Å². The highest BCUT2D eigenvalue weighted by Gasteiger charge is 2.34. The summed E-state index contributed by atoms with van der Waals surface area (Å²) in [6, 6.07) is 30.3. The molecule has 3 aromatic carbocycles. The highest BCUT2D eigenvalue weighted by atomic mass is 16.2. The highest BCUT2D eigenvalue weighted by molar-refractivity contribution is 5.82. The van der Waals surface area contributed by atoms with Crippen LogP contribution in [0.2, 0.25) is 0 Å². The zero-order valence-electron chi connectivity index (χ0n) is 16.1. The van der Waals surface area contributed by atoms with Gasteiger partial charge >= 0.3 is 0 Å².